The number of thiazole rings is 1. The maximum Gasteiger partial charge on any atom is 0.263 e. The number of amides is 1. The number of nitrogens with one attached hydrogen (secondary N) is 2. The van der Waals surface area contributed by atoms with Gasteiger partial charge in [0.05, 0.1) is 21.7 Å². The van der Waals surface area contributed by atoms with Crippen molar-refractivity contribution in [2.75, 3.05) is 11.3 Å². The lowest BCUT2D eigenvalue weighted by atomic mass is 10.2. The number of carbonyl (C=O) groups excluding carboxylic acids is 1. The number of benzene rings is 2. The van der Waals surface area contributed by atoms with E-state index in [0.717, 1.165) is 35.6 Å². The fraction of sp³-hybridized carbons (Fsp3) is 0.176. The van der Waals surface area contributed by atoms with Gasteiger partial charge in [-0.05, 0) is 49.4 Å². The van der Waals surface area contributed by atoms with E-state index in [0.29, 0.717) is 15.8 Å². The Kier molecular flexibility index (Phi) is 5.40. The number of rotatable bonds is 6. The predicted molar refractivity (Wildman–Crippen MR) is 101 cm³/mol. The molecule has 3 N–H and O–H groups in total. The van der Waals surface area contributed by atoms with Gasteiger partial charge in [0.15, 0.2) is 5.13 Å². The standard InChI is InChI=1S/C17H16FN3O4S2/c1-10(9-22)19-16(23)11-2-7-14-15(8-11)26-17(20-14)21-27(24,25)13-5-3-12(18)4-6-13/h2-8,10,22H,9H2,1H3,(H,19,23)(H,20,21)/t10-/m0/s1. The minimum atomic E-state index is -3.90. The van der Waals surface area contributed by atoms with E-state index in [1.165, 1.54) is 0 Å². The molecule has 0 saturated carbocycles. The molecule has 0 saturated heterocycles. The predicted octanol–water partition coefficient (Wildman–Crippen LogP) is 2.35. The van der Waals surface area contributed by atoms with Crippen LogP contribution in [0.1, 0.15) is 17.3 Å². The number of aliphatic hydroxyl groups excluding tert-OH is 1. The lowest BCUT2D eigenvalue weighted by Gasteiger charge is -2.10. The smallest absolute Gasteiger partial charge is 0.263 e. The van der Waals surface area contributed by atoms with Gasteiger partial charge in [-0.3, -0.25) is 9.52 Å². The van der Waals surface area contributed by atoms with E-state index in [9.17, 15) is 17.6 Å². The molecule has 0 aliphatic rings. The summed E-state index contributed by atoms with van der Waals surface area (Å²) in [6.07, 6.45) is 0. The second kappa shape index (κ2) is 7.59. The normalized spacial score (nSPS) is 12.7. The van der Waals surface area contributed by atoms with Crippen molar-refractivity contribution in [3.05, 3.63) is 53.8 Å². The number of halogens is 1. The Labute approximate surface area is 158 Å². The van der Waals surface area contributed by atoms with E-state index in [4.69, 9.17) is 5.11 Å². The van der Waals surface area contributed by atoms with Gasteiger partial charge < -0.3 is 10.4 Å². The van der Waals surface area contributed by atoms with Gasteiger partial charge in [0.25, 0.3) is 15.9 Å². The third-order valence-corrected chi connectivity index (χ3v) is 6.07. The number of aliphatic hydroxyl groups is 1. The van der Waals surface area contributed by atoms with E-state index in [1.807, 2.05) is 0 Å². The Morgan fingerprint density at radius 1 is 1.26 bits per heavy atom. The summed E-state index contributed by atoms with van der Waals surface area (Å²) < 4.78 is 40.7. The Bertz CT molecular complexity index is 1080. The van der Waals surface area contributed by atoms with E-state index >= 15 is 0 Å². The number of hydrogen-bond acceptors (Lipinski definition) is 6. The highest BCUT2D eigenvalue weighted by Gasteiger charge is 2.17. The molecule has 10 heteroatoms. The number of carbonyl (C=O) groups is 1. The Hall–Kier alpha value is -2.56. The molecule has 0 aliphatic heterocycles. The van der Waals surface area contributed by atoms with Crippen LogP contribution in [0.2, 0.25) is 0 Å². The van der Waals surface area contributed by atoms with Gasteiger partial charge in [-0.2, -0.15) is 0 Å². The van der Waals surface area contributed by atoms with Gasteiger partial charge in [0.2, 0.25) is 0 Å². The molecule has 0 aliphatic carbocycles. The number of sulfonamides is 1. The molecule has 27 heavy (non-hydrogen) atoms. The monoisotopic (exact) mass is 409 g/mol. The number of aromatic nitrogens is 1. The number of fused-ring (bicyclic) bond motifs is 1. The van der Waals surface area contributed by atoms with Crippen LogP contribution in [0, 0.1) is 5.82 Å². The molecule has 0 spiro atoms. The lowest BCUT2D eigenvalue weighted by Crippen LogP contribution is -2.34. The summed E-state index contributed by atoms with van der Waals surface area (Å²) in [6, 6.07) is 8.84. The van der Waals surface area contributed by atoms with Crippen molar-refractivity contribution in [2.45, 2.75) is 17.9 Å². The molecule has 1 aromatic heterocycles. The van der Waals surface area contributed by atoms with Crippen molar-refractivity contribution in [3.8, 4) is 0 Å². The second-order valence-corrected chi connectivity index (χ2v) is 8.53. The highest BCUT2D eigenvalue weighted by atomic mass is 32.2. The highest BCUT2D eigenvalue weighted by Crippen LogP contribution is 2.28. The third-order valence-electron chi connectivity index (χ3n) is 3.65. The van der Waals surface area contributed by atoms with E-state index in [2.05, 4.69) is 15.0 Å². The number of nitrogens with zero attached hydrogens (tertiary/aromatic N) is 1. The van der Waals surface area contributed by atoms with Gasteiger partial charge in [0.1, 0.15) is 5.82 Å². The molecule has 0 unspecified atom stereocenters. The van der Waals surface area contributed by atoms with Crippen LogP contribution in [0.25, 0.3) is 10.2 Å². The molecular weight excluding hydrogens is 393 g/mol. The zero-order valence-corrected chi connectivity index (χ0v) is 15.8. The summed E-state index contributed by atoms with van der Waals surface area (Å²) in [6.45, 7) is 1.50. The molecular formula is C17H16FN3O4S2. The fourth-order valence-electron chi connectivity index (χ4n) is 2.25. The highest BCUT2D eigenvalue weighted by molar-refractivity contribution is 7.93. The Balaban J connectivity index is 1.84. The number of hydrogen-bond donors (Lipinski definition) is 3. The fourth-order valence-corrected chi connectivity index (χ4v) is 4.39. The molecule has 3 aromatic rings. The van der Waals surface area contributed by atoms with Crippen LogP contribution in [-0.4, -0.2) is 37.1 Å². The van der Waals surface area contributed by atoms with Gasteiger partial charge in [-0.15, -0.1) is 0 Å². The van der Waals surface area contributed by atoms with Crippen LogP contribution in [0.4, 0.5) is 9.52 Å². The van der Waals surface area contributed by atoms with Crippen LogP contribution in [0.3, 0.4) is 0 Å². The molecule has 142 valence electrons. The molecule has 2 aromatic carbocycles. The summed E-state index contributed by atoms with van der Waals surface area (Å²) in [5.41, 5.74) is 0.906. The van der Waals surface area contributed by atoms with Gasteiger partial charge in [0, 0.05) is 11.6 Å². The molecule has 7 nitrogen and oxygen atoms in total. The topological polar surface area (TPSA) is 108 Å². The second-order valence-electron chi connectivity index (χ2n) is 5.82. The Morgan fingerprint density at radius 2 is 1.96 bits per heavy atom. The average molecular weight is 409 g/mol. The largest absolute Gasteiger partial charge is 0.394 e. The van der Waals surface area contributed by atoms with Gasteiger partial charge in [-0.25, -0.2) is 17.8 Å². The average Bonchev–Trinajstić information content (AvgIpc) is 3.02. The van der Waals surface area contributed by atoms with E-state index < -0.39 is 15.8 Å². The lowest BCUT2D eigenvalue weighted by molar-refractivity contribution is 0.0922. The third kappa shape index (κ3) is 4.41. The first kappa shape index (κ1) is 19.2. The minimum Gasteiger partial charge on any atom is -0.394 e. The van der Waals surface area contributed by atoms with E-state index in [-0.39, 0.29) is 28.6 Å². The zero-order chi connectivity index (χ0) is 19.6. The van der Waals surface area contributed by atoms with Crippen molar-refractivity contribution in [1.29, 1.82) is 0 Å². The molecule has 0 bridgehead atoms. The number of anilines is 1. The Morgan fingerprint density at radius 3 is 2.63 bits per heavy atom. The molecule has 0 radical (unpaired) electrons. The SMILES string of the molecule is C[C@@H](CO)NC(=O)c1ccc2nc(NS(=O)(=O)c3ccc(F)cc3)sc2c1. The van der Waals surface area contributed by atoms with E-state index in [1.54, 1.807) is 25.1 Å². The minimum absolute atomic E-state index is 0.0822. The van der Waals surface area contributed by atoms with Crippen LogP contribution >= 0.6 is 11.3 Å². The van der Waals surface area contributed by atoms with Gasteiger partial charge >= 0.3 is 0 Å². The first-order valence-corrected chi connectivity index (χ1v) is 10.2. The van der Waals surface area contributed by atoms with Crippen molar-refractivity contribution in [2.24, 2.45) is 0 Å². The van der Waals surface area contributed by atoms with Crippen LogP contribution in [0.5, 0.6) is 0 Å². The molecule has 3 rings (SSSR count). The summed E-state index contributed by atoms with van der Waals surface area (Å²) in [5.74, 6) is -0.879. The van der Waals surface area contributed by atoms with Crippen molar-refractivity contribution in [3.63, 3.8) is 0 Å². The summed E-state index contributed by atoms with van der Waals surface area (Å²) in [7, 11) is -3.90. The summed E-state index contributed by atoms with van der Waals surface area (Å²) in [5, 5.41) is 11.8. The first-order chi connectivity index (χ1) is 12.8. The zero-order valence-electron chi connectivity index (χ0n) is 14.1. The van der Waals surface area contributed by atoms with Crippen LogP contribution < -0.4 is 10.0 Å². The molecule has 1 heterocycles. The molecule has 0 fully saturated rings. The first-order valence-electron chi connectivity index (χ1n) is 7.89. The summed E-state index contributed by atoms with van der Waals surface area (Å²) >= 11 is 1.07. The maximum absolute atomic E-state index is 13.0. The van der Waals surface area contributed by atoms with Crippen molar-refractivity contribution >= 4 is 42.6 Å². The maximum atomic E-state index is 13.0. The van der Waals surface area contributed by atoms with Crippen molar-refractivity contribution in [1.82, 2.24) is 10.3 Å². The van der Waals surface area contributed by atoms with Crippen molar-refractivity contribution < 1.29 is 22.7 Å². The molecule has 1 amide bonds. The van der Waals surface area contributed by atoms with Crippen LogP contribution in [-0.2, 0) is 10.0 Å². The summed E-state index contributed by atoms with van der Waals surface area (Å²) in [4.78, 5) is 16.2. The van der Waals surface area contributed by atoms with Crippen LogP contribution in [0.15, 0.2) is 47.4 Å². The molecule has 1 atom stereocenters. The van der Waals surface area contributed by atoms with Gasteiger partial charge in [-0.1, -0.05) is 11.3 Å². The quantitative estimate of drug-likeness (QED) is 0.579.